The number of benzene rings is 1. The summed E-state index contributed by atoms with van der Waals surface area (Å²) in [6.45, 7) is 3.83. The highest BCUT2D eigenvalue weighted by molar-refractivity contribution is 5.36. The largest absolute Gasteiger partial charge is 0.320 e. The first-order valence-corrected chi connectivity index (χ1v) is 5.51. The average Bonchev–Trinajstić information content (AvgIpc) is 2.27. The van der Waals surface area contributed by atoms with E-state index < -0.39 is 0 Å². The van der Waals surface area contributed by atoms with Crippen LogP contribution in [0.3, 0.4) is 0 Å². The third-order valence-electron chi connectivity index (χ3n) is 2.84. The standard InChI is InChI=1S/C14H15FN2/c1-9-5-11(7-12(15)6-9)14(16)13-8-17-4-3-10(13)2/h3-8,14H,16H2,1-2H3. The summed E-state index contributed by atoms with van der Waals surface area (Å²) in [5, 5.41) is 0. The second-order valence-electron chi connectivity index (χ2n) is 4.27. The minimum atomic E-state index is -0.335. The van der Waals surface area contributed by atoms with Crippen LogP contribution in [-0.4, -0.2) is 4.98 Å². The molecule has 1 atom stereocenters. The first kappa shape index (κ1) is 11.7. The molecular formula is C14H15FN2. The lowest BCUT2D eigenvalue weighted by Gasteiger charge is -2.15. The highest BCUT2D eigenvalue weighted by atomic mass is 19.1. The Kier molecular flexibility index (Phi) is 3.20. The van der Waals surface area contributed by atoms with Crippen LogP contribution < -0.4 is 5.73 Å². The lowest BCUT2D eigenvalue weighted by Crippen LogP contribution is -2.14. The smallest absolute Gasteiger partial charge is 0.123 e. The average molecular weight is 230 g/mol. The van der Waals surface area contributed by atoms with Crippen molar-refractivity contribution >= 4 is 0 Å². The topological polar surface area (TPSA) is 38.9 Å². The fraction of sp³-hybridized carbons (Fsp3) is 0.214. The van der Waals surface area contributed by atoms with Crippen LogP contribution in [0.1, 0.15) is 28.3 Å². The summed E-state index contributed by atoms with van der Waals surface area (Å²) in [5.74, 6) is -0.253. The van der Waals surface area contributed by atoms with Gasteiger partial charge in [-0.3, -0.25) is 4.98 Å². The second-order valence-corrected chi connectivity index (χ2v) is 4.27. The molecule has 0 aliphatic rings. The van der Waals surface area contributed by atoms with Crippen molar-refractivity contribution in [3.05, 3.63) is 64.7 Å². The van der Waals surface area contributed by atoms with E-state index in [-0.39, 0.29) is 11.9 Å². The van der Waals surface area contributed by atoms with Crippen LogP contribution in [0.2, 0.25) is 0 Å². The van der Waals surface area contributed by atoms with Gasteiger partial charge in [0.05, 0.1) is 6.04 Å². The summed E-state index contributed by atoms with van der Waals surface area (Å²) in [6.07, 6.45) is 3.46. The molecule has 0 saturated carbocycles. The van der Waals surface area contributed by atoms with Crippen molar-refractivity contribution in [1.82, 2.24) is 4.98 Å². The number of hydrogen-bond donors (Lipinski definition) is 1. The number of nitrogens with two attached hydrogens (primary N) is 1. The van der Waals surface area contributed by atoms with Gasteiger partial charge in [0, 0.05) is 12.4 Å². The molecule has 0 radical (unpaired) electrons. The Balaban J connectivity index is 2.43. The number of hydrogen-bond acceptors (Lipinski definition) is 2. The number of halogens is 1. The zero-order chi connectivity index (χ0) is 12.4. The van der Waals surface area contributed by atoms with Crippen LogP contribution in [0.25, 0.3) is 0 Å². The quantitative estimate of drug-likeness (QED) is 0.861. The van der Waals surface area contributed by atoms with E-state index in [0.29, 0.717) is 0 Å². The molecule has 0 fully saturated rings. The molecule has 0 saturated heterocycles. The summed E-state index contributed by atoms with van der Waals surface area (Å²) in [7, 11) is 0. The zero-order valence-corrected chi connectivity index (χ0v) is 9.94. The van der Waals surface area contributed by atoms with Crippen molar-refractivity contribution in [3.8, 4) is 0 Å². The molecule has 0 spiro atoms. The van der Waals surface area contributed by atoms with Crippen molar-refractivity contribution in [2.24, 2.45) is 5.73 Å². The van der Waals surface area contributed by atoms with Gasteiger partial charge in [-0.25, -0.2) is 4.39 Å². The molecule has 0 amide bonds. The highest BCUT2D eigenvalue weighted by Crippen LogP contribution is 2.23. The summed E-state index contributed by atoms with van der Waals surface area (Å²) >= 11 is 0. The zero-order valence-electron chi connectivity index (χ0n) is 9.94. The molecule has 2 N–H and O–H groups in total. The fourth-order valence-corrected chi connectivity index (χ4v) is 1.93. The van der Waals surface area contributed by atoms with E-state index >= 15 is 0 Å². The van der Waals surface area contributed by atoms with E-state index in [1.807, 2.05) is 26.0 Å². The molecule has 0 bridgehead atoms. The monoisotopic (exact) mass is 230 g/mol. The van der Waals surface area contributed by atoms with Gasteiger partial charge in [-0.1, -0.05) is 6.07 Å². The van der Waals surface area contributed by atoms with Gasteiger partial charge < -0.3 is 5.73 Å². The first-order chi connectivity index (χ1) is 8.08. The van der Waals surface area contributed by atoms with Crippen molar-refractivity contribution in [2.45, 2.75) is 19.9 Å². The molecule has 88 valence electrons. The van der Waals surface area contributed by atoms with Crippen LogP contribution >= 0.6 is 0 Å². The Morgan fingerprint density at radius 1 is 1.24 bits per heavy atom. The van der Waals surface area contributed by atoms with E-state index in [9.17, 15) is 4.39 Å². The Bertz CT molecular complexity index is 517. The maximum absolute atomic E-state index is 13.3. The van der Waals surface area contributed by atoms with Gasteiger partial charge in [-0.15, -0.1) is 0 Å². The van der Waals surface area contributed by atoms with E-state index in [4.69, 9.17) is 5.73 Å². The van der Waals surface area contributed by atoms with Crippen LogP contribution in [0.5, 0.6) is 0 Å². The molecule has 0 aliphatic carbocycles. The molecule has 1 aromatic carbocycles. The lowest BCUT2D eigenvalue weighted by molar-refractivity contribution is 0.622. The third kappa shape index (κ3) is 2.50. The minimum Gasteiger partial charge on any atom is -0.320 e. The van der Waals surface area contributed by atoms with Crippen LogP contribution in [0.4, 0.5) is 4.39 Å². The van der Waals surface area contributed by atoms with Gasteiger partial charge in [0.2, 0.25) is 0 Å². The lowest BCUT2D eigenvalue weighted by atomic mass is 9.96. The van der Waals surface area contributed by atoms with Crippen LogP contribution in [-0.2, 0) is 0 Å². The fourth-order valence-electron chi connectivity index (χ4n) is 1.93. The molecule has 1 heterocycles. The van der Waals surface area contributed by atoms with E-state index in [0.717, 1.165) is 22.3 Å². The van der Waals surface area contributed by atoms with Crippen molar-refractivity contribution in [2.75, 3.05) is 0 Å². The van der Waals surface area contributed by atoms with Gasteiger partial charge in [0.1, 0.15) is 5.82 Å². The maximum Gasteiger partial charge on any atom is 0.123 e. The molecule has 1 unspecified atom stereocenters. The Hall–Kier alpha value is -1.74. The summed E-state index contributed by atoms with van der Waals surface area (Å²) in [6, 6.07) is 6.44. The molecule has 17 heavy (non-hydrogen) atoms. The van der Waals surface area contributed by atoms with Crippen LogP contribution in [0.15, 0.2) is 36.7 Å². The SMILES string of the molecule is Cc1cc(F)cc(C(N)c2cnccc2C)c1. The predicted molar refractivity (Wildman–Crippen MR) is 66.1 cm³/mol. The van der Waals surface area contributed by atoms with Gasteiger partial charge in [0.15, 0.2) is 0 Å². The van der Waals surface area contributed by atoms with Gasteiger partial charge in [-0.05, 0) is 54.3 Å². The number of rotatable bonds is 2. The normalized spacial score (nSPS) is 12.5. The number of pyridine rings is 1. The van der Waals surface area contributed by atoms with Crippen molar-refractivity contribution < 1.29 is 4.39 Å². The van der Waals surface area contributed by atoms with Crippen LogP contribution in [0, 0.1) is 19.7 Å². The number of aromatic nitrogens is 1. The van der Waals surface area contributed by atoms with Gasteiger partial charge >= 0.3 is 0 Å². The van der Waals surface area contributed by atoms with Gasteiger partial charge in [-0.2, -0.15) is 0 Å². The maximum atomic E-state index is 13.3. The summed E-state index contributed by atoms with van der Waals surface area (Å²) in [4.78, 5) is 4.06. The third-order valence-corrected chi connectivity index (χ3v) is 2.84. The number of aryl methyl sites for hydroxylation is 2. The first-order valence-electron chi connectivity index (χ1n) is 5.51. The predicted octanol–water partition coefficient (Wildman–Crippen LogP) is 2.89. The molecular weight excluding hydrogens is 215 g/mol. The Morgan fingerprint density at radius 2 is 2.00 bits per heavy atom. The summed E-state index contributed by atoms with van der Waals surface area (Å²) < 4.78 is 13.3. The van der Waals surface area contributed by atoms with Gasteiger partial charge in [0.25, 0.3) is 0 Å². The summed E-state index contributed by atoms with van der Waals surface area (Å²) in [5.41, 5.74) is 9.79. The van der Waals surface area contributed by atoms with E-state index in [1.165, 1.54) is 12.1 Å². The van der Waals surface area contributed by atoms with Crippen molar-refractivity contribution in [3.63, 3.8) is 0 Å². The number of nitrogens with zero attached hydrogens (tertiary/aromatic N) is 1. The molecule has 1 aromatic heterocycles. The van der Waals surface area contributed by atoms with Crippen molar-refractivity contribution in [1.29, 1.82) is 0 Å². The molecule has 0 aliphatic heterocycles. The Labute approximate surface area is 100 Å². The molecule has 2 aromatic rings. The molecule has 3 heteroatoms. The second kappa shape index (κ2) is 4.63. The molecule has 2 rings (SSSR count). The minimum absolute atomic E-state index is 0.253. The highest BCUT2D eigenvalue weighted by Gasteiger charge is 2.12. The Morgan fingerprint density at radius 3 is 2.65 bits per heavy atom. The van der Waals surface area contributed by atoms with E-state index in [2.05, 4.69) is 4.98 Å². The van der Waals surface area contributed by atoms with E-state index in [1.54, 1.807) is 12.4 Å². The molecule has 2 nitrogen and oxygen atoms in total.